The number of benzene rings is 2. The molecule has 0 spiro atoms. The smallest absolute Gasteiger partial charge is 0.267 e. The van der Waals surface area contributed by atoms with E-state index in [0.29, 0.717) is 10.8 Å². The minimum Gasteiger partial charge on any atom is -0.481 e. The molecule has 4 rings (SSSR count). The van der Waals surface area contributed by atoms with E-state index in [4.69, 9.17) is 4.74 Å². The summed E-state index contributed by atoms with van der Waals surface area (Å²) in [4.78, 5) is 23.4. The molecule has 0 unspecified atom stereocenters. The second kappa shape index (κ2) is 8.67. The van der Waals surface area contributed by atoms with Crippen molar-refractivity contribution >= 4 is 48.5 Å². The molecule has 0 aliphatic rings. The second-order valence-electron chi connectivity index (χ2n) is 6.13. The molecule has 5 nitrogen and oxygen atoms in total. The van der Waals surface area contributed by atoms with Crippen LogP contribution >= 0.6 is 27.3 Å². The number of hydrogen-bond acceptors (Lipinski definition) is 5. The summed E-state index contributed by atoms with van der Waals surface area (Å²) in [5.41, 5.74) is 1.51. The Kier molecular flexibility index (Phi) is 5.82. The maximum absolute atomic E-state index is 13.8. The molecule has 0 fully saturated rings. The average Bonchev–Trinajstić information content (AvgIpc) is 3.14. The number of anilines is 1. The van der Waals surface area contributed by atoms with Crippen LogP contribution in [-0.4, -0.2) is 22.5 Å². The highest BCUT2D eigenvalue weighted by atomic mass is 79.9. The van der Waals surface area contributed by atoms with Gasteiger partial charge in [-0.3, -0.25) is 14.7 Å². The maximum atomic E-state index is 13.8. The van der Waals surface area contributed by atoms with Crippen molar-refractivity contribution < 1.29 is 13.9 Å². The number of amides is 1. The minimum absolute atomic E-state index is 0.0341. The number of para-hydroxylation sites is 1. The number of rotatable bonds is 6. The van der Waals surface area contributed by atoms with Gasteiger partial charge in [-0.15, -0.1) is 0 Å². The van der Waals surface area contributed by atoms with E-state index in [9.17, 15) is 9.18 Å². The van der Waals surface area contributed by atoms with Gasteiger partial charge < -0.3 is 4.74 Å². The molecule has 0 aliphatic heterocycles. The zero-order chi connectivity index (χ0) is 20.2. The minimum atomic E-state index is -0.513. The van der Waals surface area contributed by atoms with Gasteiger partial charge in [0.2, 0.25) is 0 Å². The van der Waals surface area contributed by atoms with Crippen LogP contribution < -0.4 is 9.64 Å². The lowest BCUT2D eigenvalue weighted by atomic mass is 10.3. The van der Waals surface area contributed by atoms with Gasteiger partial charge in [-0.05, 0) is 42.5 Å². The summed E-state index contributed by atoms with van der Waals surface area (Å²) in [5.74, 6) is -0.815. The highest BCUT2D eigenvalue weighted by Crippen LogP contribution is 2.31. The molecule has 0 saturated carbocycles. The van der Waals surface area contributed by atoms with Crippen molar-refractivity contribution in [3.8, 4) is 5.75 Å². The first-order valence-electron chi connectivity index (χ1n) is 8.74. The Morgan fingerprint density at radius 2 is 1.97 bits per heavy atom. The summed E-state index contributed by atoms with van der Waals surface area (Å²) in [6, 6.07) is 17.2. The highest BCUT2D eigenvalue weighted by molar-refractivity contribution is 9.10. The molecule has 4 aromatic rings. The Labute approximate surface area is 178 Å². The lowest BCUT2D eigenvalue weighted by Gasteiger charge is -2.19. The normalized spacial score (nSPS) is 10.8. The van der Waals surface area contributed by atoms with E-state index < -0.39 is 5.82 Å². The first-order chi connectivity index (χ1) is 14.1. The first kappa shape index (κ1) is 19.5. The molecule has 0 radical (unpaired) electrons. The molecule has 2 heterocycles. The van der Waals surface area contributed by atoms with Gasteiger partial charge in [0, 0.05) is 10.7 Å². The SMILES string of the molecule is O=C(COc1ccccc1F)N(Cc1ccccn1)c1nc2ccc(Br)cc2s1. The van der Waals surface area contributed by atoms with E-state index in [1.54, 1.807) is 18.3 Å². The number of halogens is 2. The van der Waals surface area contributed by atoms with E-state index in [1.165, 1.54) is 28.4 Å². The van der Waals surface area contributed by atoms with E-state index >= 15 is 0 Å². The molecular formula is C21H15BrFN3O2S. The molecule has 29 heavy (non-hydrogen) atoms. The van der Waals surface area contributed by atoms with Gasteiger partial charge in [-0.1, -0.05) is 45.5 Å². The van der Waals surface area contributed by atoms with Crippen LogP contribution in [0.25, 0.3) is 10.2 Å². The molecule has 1 amide bonds. The molecule has 0 N–H and O–H groups in total. The molecule has 0 atom stereocenters. The number of fused-ring (bicyclic) bond motifs is 1. The summed E-state index contributed by atoms with van der Waals surface area (Å²) >= 11 is 4.85. The number of aromatic nitrogens is 2. The average molecular weight is 472 g/mol. The molecule has 2 aromatic heterocycles. The van der Waals surface area contributed by atoms with Crippen molar-refractivity contribution in [3.63, 3.8) is 0 Å². The third-order valence-electron chi connectivity index (χ3n) is 4.11. The Morgan fingerprint density at radius 3 is 2.76 bits per heavy atom. The van der Waals surface area contributed by atoms with Gasteiger partial charge >= 0.3 is 0 Å². The molecule has 8 heteroatoms. The highest BCUT2D eigenvalue weighted by Gasteiger charge is 2.22. The van der Waals surface area contributed by atoms with Gasteiger partial charge in [0.1, 0.15) is 0 Å². The van der Waals surface area contributed by atoms with Gasteiger partial charge in [-0.25, -0.2) is 9.37 Å². The third-order valence-corrected chi connectivity index (χ3v) is 5.64. The van der Waals surface area contributed by atoms with Crippen LogP contribution in [0, 0.1) is 5.82 Å². The van der Waals surface area contributed by atoms with Crippen LogP contribution in [-0.2, 0) is 11.3 Å². The van der Waals surface area contributed by atoms with Crippen LogP contribution in [0.4, 0.5) is 9.52 Å². The van der Waals surface area contributed by atoms with Crippen molar-refractivity contribution in [1.82, 2.24) is 9.97 Å². The van der Waals surface area contributed by atoms with Crippen LogP contribution in [0.15, 0.2) is 71.3 Å². The van der Waals surface area contributed by atoms with E-state index in [-0.39, 0.29) is 24.8 Å². The van der Waals surface area contributed by atoms with E-state index in [1.807, 2.05) is 36.4 Å². The number of ether oxygens (including phenoxy) is 1. The largest absolute Gasteiger partial charge is 0.481 e. The fourth-order valence-electron chi connectivity index (χ4n) is 2.70. The quantitative estimate of drug-likeness (QED) is 0.387. The summed E-state index contributed by atoms with van der Waals surface area (Å²) in [6.07, 6.45) is 1.67. The topological polar surface area (TPSA) is 55.3 Å². The standard InChI is InChI=1S/C21H15BrFN3O2S/c22-14-8-9-17-19(11-14)29-21(25-17)26(12-15-5-3-4-10-24-15)20(27)13-28-18-7-2-1-6-16(18)23/h1-11H,12-13H2. The second-order valence-corrected chi connectivity index (χ2v) is 8.05. The van der Waals surface area contributed by atoms with Crippen LogP contribution in [0.5, 0.6) is 5.75 Å². The fourth-order valence-corrected chi connectivity index (χ4v) is 4.23. The predicted octanol–water partition coefficient (Wildman–Crippen LogP) is 5.21. The maximum Gasteiger partial charge on any atom is 0.267 e. The van der Waals surface area contributed by atoms with E-state index in [0.717, 1.165) is 14.7 Å². The predicted molar refractivity (Wildman–Crippen MR) is 115 cm³/mol. The van der Waals surface area contributed by atoms with E-state index in [2.05, 4.69) is 25.9 Å². The van der Waals surface area contributed by atoms with Crippen molar-refractivity contribution in [1.29, 1.82) is 0 Å². The Hall–Kier alpha value is -2.84. The summed E-state index contributed by atoms with van der Waals surface area (Å²) in [6.45, 7) is -0.0747. The molecule has 146 valence electrons. The van der Waals surface area contributed by atoms with Gasteiger partial charge in [0.05, 0.1) is 22.5 Å². The fraction of sp³-hybridized carbons (Fsp3) is 0.0952. The van der Waals surface area contributed by atoms with Crippen molar-refractivity contribution in [2.45, 2.75) is 6.54 Å². The van der Waals surface area contributed by atoms with Crippen LogP contribution in [0.2, 0.25) is 0 Å². The summed E-state index contributed by atoms with van der Waals surface area (Å²) < 4.78 is 21.1. The lowest BCUT2D eigenvalue weighted by molar-refractivity contribution is -0.120. The number of carbonyl (C=O) groups excluding carboxylic acids is 1. The van der Waals surface area contributed by atoms with Crippen molar-refractivity contribution in [3.05, 3.63) is 82.8 Å². The molecule has 2 aromatic carbocycles. The Morgan fingerprint density at radius 1 is 1.14 bits per heavy atom. The van der Waals surface area contributed by atoms with Gasteiger partial charge in [-0.2, -0.15) is 0 Å². The zero-order valence-electron chi connectivity index (χ0n) is 15.1. The van der Waals surface area contributed by atoms with Gasteiger partial charge in [0.25, 0.3) is 5.91 Å². The van der Waals surface area contributed by atoms with Gasteiger partial charge in [0.15, 0.2) is 23.3 Å². The molecule has 0 saturated heterocycles. The van der Waals surface area contributed by atoms with Crippen molar-refractivity contribution in [2.24, 2.45) is 0 Å². The lowest BCUT2D eigenvalue weighted by Crippen LogP contribution is -2.34. The summed E-state index contributed by atoms with van der Waals surface area (Å²) in [7, 11) is 0. The number of nitrogens with zero attached hydrogens (tertiary/aromatic N) is 3. The monoisotopic (exact) mass is 471 g/mol. The number of hydrogen-bond donors (Lipinski definition) is 0. The number of carbonyl (C=O) groups is 1. The van der Waals surface area contributed by atoms with Crippen LogP contribution in [0.3, 0.4) is 0 Å². The molecule has 0 aliphatic carbocycles. The molecule has 0 bridgehead atoms. The first-order valence-corrected chi connectivity index (χ1v) is 10.3. The Bertz CT molecular complexity index is 1150. The van der Waals surface area contributed by atoms with Crippen LogP contribution in [0.1, 0.15) is 5.69 Å². The molecular weight excluding hydrogens is 457 g/mol. The number of pyridine rings is 1. The third kappa shape index (κ3) is 4.60. The van der Waals surface area contributed by atoms with Crippen molar-refractivity contribution in [2.75, 3.05) is 11.5 Å². The number of thiazole rings is 1. The Balaban J connectivity index is 1.61. The zero-order valence-corrected chi connectivity index (χ0v) is 17.5. The summed E-state index contributed by atoms with van der Waals surface area (Å²) in [5, 5.41) is 0.533.